The third-order valence-corrected chi connectivity index (χ3v) is 10.4. The van der Waals surface area contributed by atoms with E-state index in [1.165, 1.54) is 10.7 Å². The van der Waals surface area contributed by atoms with E-state index in [4.69, 9.17) is 0 Å². The van der Waals surface area contributed by atoms with Gasteiger partial charge in [-0.05, 0) is 93.5 Å². The molecule has 0 radical (unpaired) electrons. The van der Waals surface area contributed by atoms with Crippen LogP contribution in [-0.2, 0) is 26.2 Å². The molecule has 0 saturated heterocycles. The van der Waals surface area contributed by atoms with Crippen molar-refractivity contribution in [3.8, 4) is 0 Å². The van der Waals surface area contributed by atoms with E-state index in [1.54, 1.807) is 41.3 Å². The Labute approximate surface area is 257 Å². The highest BCUT2D eigenvalue weighted by Gasteiger charge is 2.34. The molecule has 0 unspecified atom stereocenters. The first kappa shape index (κ1) is 32.3. The van der Waals surface area contributed by atoms with E-state index in [0.29, 0.717) is 12.1 Å². The number of carbonyl (C=O) groups is 2. The molecule has 3 aromatic carbocycles. The topological polar surface area (TPSA) is 86.8 Å². The summed E-state index contributed by atoms with van der Waals surface area (Å²) in [7, 11) is -4.10. The van der Waals surface area contributed by atoms with Crippen molar-refractivity contribution in [2.45, 2.75) is 96.7 Å². The molecule has 8 heteroatoms. The molecule has 0 bridgehead atoms. The molecular weight excluding hydrogens is 558 g/mol. The van der Waals surface area contributed by atoms with Gasteiger partial charge in [-0.15, -0.1) is 0 Å². The quantitative estimate of drug-likeness (QED) is 0.276. The fourth-order valence-corrected chi connectivity index (χ4v) is 7.09. The number of nitrogens with zero attached hydrogens (tertiary/aromatic N) is 2. The summed E-state index contributed by atoms with van der Waals surface area (Å²) in [6.45, 7) is 9.42. The van der Waals surface area contributed by atoms with Crippen LogP contribution in [0.25, 0.3) is 0 Å². The minimum absolute atomic E-state index is 0.0969. The Balaban J connectivity index is 1.73. The zero-order valence-electron chi connectivity index (χ0n) is 26.1. The first-order valence-corrected chi connectivity index (χ1v) is 16.8. The third kappa shape index (κ3) is 7.85. The molecule has 3 aromatic rings. The van der Waals surface area contributed by atoms with Crippen molar-refractivity contribution in [2.75, 3.05) is 10.8 Å². The molecule has 1 fully saturated rings. The minimum atomic E-state index is -4.10. The van der Waals surface area contributed by atoms with Gasteiger partial charge in [0.05, 0.1) is 10.6 Å². The van der Waals surface area contributed by atoms with Gasteiger partial charge in [-0.1, -0.05) is 74.2 Å². The second-order valence-electron chi connectivity index (χ2n) is 11.8. The molecule has 1 saturated carbocycles. The summed E-state index contributed by atoms with van der Waals surface area (Å²) in [4.78, 5) is 29.8. The van der Waals surface area contributed by atoms with Crippen LogP contribution in [0.3, 0.4) is 0 Å². The van der Waals surface area contributed by atoms with Crippen LogP contribution in [0.15, 0.2) is 71.6 Å². The Kier molecular flexibility index (Phi) is 10.7. The van der Waals surface area contributed by atoms with E-state index in [1.807, 2.05) is 65.0 Å². The maximum atomic E-state index is 14.4. The summed E-state index contributed by atoms with van der Waals surface area (Å²) in [5.41, 5.74) is 5.21. The summed E-state index contributed by atoms with van der Waals surface area (Å²) >= 11 is 0. The van der Waals surface area contributed by atoms with Gasteiger partial charge >= 0.3 is 0 Å². The Bertz CT molecular complexity index is 1530. The number of rotatable bonds is 11. The number of benzene rings is 3. The van der Waals surface area contributed by atoms with Gasteiger partial charge in [0, 0.05) is 12.6 Å². The van der Waals surface area contributed by atoms with Gasteiger partial charge < -0.3 is 10.2 Å². The van der Waals surface area contributed by atoms with E-state index < -0.39 is 28.5 Å². The summed E-state index contributed by atoms with van der Waals surface area (Å²) in [5.74, 6) is -0.613. The van der Waals surface area contributed by atoms with E-state index in [0.717, 1.165) is 53.5 Å². The molecule has 1 aliphatic carbocycles. The number of amides is 2. The molecule has 0 aliphatic heterocycles. The highest BCUT2D eigenvalue weighted by molar-refractivity contribution is 7.92. The van der Waals surface area contributed by atoms with E-state index in [-0.39, 0.29) is 23.4 Å². The smallest absolute Gasteiger partial charge is 0.264 e. The third-order valence-electron chi connectivity index (χ3n) is 8.61. The number of anilines is 1. The van der Waals surface area contributed by atoms with Crippen LogP contribution in [0.1, 0.15) is 73.3 Å². The highest BCUT2D eigenvalue weighted by Crippen LogP contribution is 2.27. The van der Waals surface area contributed by atoms with Gasteiger partial charge in [0.15, 0.2) is 0 Å². The predicted octanol–water partition coefficient (Wildman–Crippen LogP) is 6.37. The van der Waals surface area contributed by atoms with Gasteiger partial charge in [-0.2, -0.15) is 0 Å². The number of aryl methyl sites for hydroxylation is 4. The number of sulfonamides is 1. The molecule has 2 amide bonds. The second kappa shape index (κ2) is 14.2. The SMILES string of the molecule is CC[C@H](C(=O)NC1CCCCC1)N(Cc1ccccc1C)C(=O)CN(c1ccc(C)c(C)c1)S(=O)(=O)c1ccc(C)cc1. The van der Waals surface area contributed by atoms with Crippen molar-refractivity contribution >= 4 is 27.5 Å². The van der Waals surface area contributed by atoms with Gasteiger partial charge in [0.2, 0.25) is 11.8 Å². The van der Waals surface area contributed by atoms with Gasteiger partial charge in [0.25, 0.3) is 10.0 Å². The zero-order chi connectivity index (χ0) is 31.1. The standard InChI is InChI=1S/C35H45N3O4S/c1-6-33(35(40)36-30-14-8-7-9-15-30)37(23-29-13-11-10-12-27(29)4)34(39)24-38(31-19-18-26(3)28(5)22-31)43(41,42)32-20-16-25(2)17-21-32/h10-13,16-22,30,33H,6-9,14-15,23-24H2,1-5H3,(H,36,40)/t33-/m1/s1. The van der Waals surface area contributed by atoms with E-state index >= 15 is 0 Å². The van der Waals surface area contributed by atoms with E-state index in [2.05, 4.69) is 5.32 Å². The molecule has 0 spiro atoms. The molecular formula is C35H45N3O4S. The van der Waals surface area contributed by atoms with Gasteiger partial charge in [-0.3, -0.25) is 13.9 Å². The second-order valence-corrected chi connectivity index (χ2v) is 13.7. The van der Waals surface area contributed by atoms with Crippen LogP contribution >= 0.6 is 0 Å². The van der Waals surface area contributed by atoms with Gasteiger partial charge in [-0.25, -0.2) is 8.42 Å². The van der Waals surface area contributed by atoms with Crippen molar-refractivity contribution in [3.63, 3.8) is 0 Å². The molecule has 230 valence electrons. The number of carbonyl (C=O) groups excluding carboxylic acids is 2. The van der Waals surface area contributed by atoms with Crippen LogP contribution in [0.2, 0.25) is 0 Å². The normalized spacial score (nSPS) is 14.6. The fraction of sp³-hybridized carbons (Fsp3) is 0.429. The summed E-state index contributed by atoms with van der Waals surface area (Å²) < 4.78 is 29.4. The monoisotopic (exact) mass is 603 g/mol. The maximum Gasteiger partial charge on any atom is 0.264 e. The fourth-order valence-electron chi connectivity index (χ4n) is 5.68. The highest BCUT2D eigenvalue weighted by atomic mass is 32.2. The number of hydrogen-bond donors (Lipinski definition) is 1. The maximum absolute atomic E-state index is 14.4. The van der Waals surface area contributed by atoms with Crippen molar-refractivity contribution in [3.05, 3.63) is 94.5 Å². The van der Waals surface area contributed by atoms with Crippen molar-refractivity contribution in [1.29, 1.82) is 0 Å². The summed E-state index contributed by atoms with van der Waals surface area (Å²) in [6.07, 6.45) is 5.60. The first-order chi connectivity index (χ1) is 20.5. The average molecular weight is 604 g/mol. The van der Waals surface area contributed by atoms with Crippen LogP contribution < -0.4 is 9.62 Å². The number of hydrogen-bond acceptors (Lipinski definition) is 4. The van der Waals surface area contributed by atoms with Gasteiger partial charge in [0.1, 0.15) is 12.6 Å². The average Bonchev–Trinajstić information content (AvgIpc) is 2.98. The number of nitrogens with one attached hydrogen (secondary N) is 1. The zero-order valence-corrected chi connectivity index (χ0v) is 26.9. The Morgan fingerprint density at radius 2 is 1.53 bits per heavy atom. The predicted molar refractivity (Wildman–Crippen MR) is 172 cm³/mol. The van der Waals surface area contributed by atoms with Crippen LogP contribution in [0.4, 0.5) is 5.69 Å². The molecule has 1 N–H and O–H groups in total. The lowest BCUT2D eigenvalue weighted by Crippen LogP contribution is -2.54. The lowest BCUT2D eigenvalue weighted by atomic mass is 9.95. The summed E-state index contributed by atoms with van der Waals surface area (Å²) in [5, 5.41) is 3.20. The molecule has 43 heavy (non-hydrogen) atoms. The molecule has 7 nitrogen and oxygen atoms in total. The minimum Gasteiger partial charge on any atom is -0.352 e. The van der Waals surface area contributed by atoms with Crippen LogP contribution in [0.5, 0.6) is 0 Å². The van der Waals surface area contributed by atoms with Crippen LogP contribution in [-0.4, -0.2) is 43.8 Å². The van der Waals surface area contributed by atoms with Crippen molar-refractivity contribution in [2.24, 2.45) is 0 Å². The lowest BCUT2D eigenvalue weighted by Gasteiger charge is -2.35. The first-order valence-electron chi connectivity index (χ1n) is 15.3. The molecule has 1 atom stereocenters. The van der Waals surface area contributed by atoms with Crippen molar-refractivity contribution in [1.82, 2.24) is 10.2 Å². The largest absolute Gasteiger partial charge is 0.352 e. The Hall–Kier alpha value is -3.65. The van der Waals surface area contributed by atoms with Crippen molar-refractivity contribution < 1.29 is 18.0 Å². The Morgan fingerprint density at radius 3 is 2.16 bits per heavy atom. The summed E-state index contributed by atoms with van der Waals surface area (Å²) in [6, 6.07) is 19.2. The lowest BCUT2D eigenvalue weighted by molar-refractivity contribution is -0.140. The molecule has 0 aromatic heterocycles. The van der Waals surface area contributed by atoms with Crippen LogP contribution in [0, 0.1) is 27.7 Å². The molecule has 4 rings (SSSR count). The molecule has 0 heterocycles. The molecule has 1 aliphatic rings. The van der Waals surface area contributed by atoms with E-state index in [9.17, 15) is 18.0 Å². The Morgan fingerprint density at radius 1 is 0.860 bits per heavy atom.